The molecule has 0 bridgehead atoms. The van der Waals surface area contributed by atoms with Crippen molar-refractivity contribution in [2.24, 2.45) is 22.9 Å². The lowest BCUT2D eigenvalue weighted by Crippen LogP contribution is -2.70. The van der Waals surface area contributed by atoms with E-state index in [1.807, 2.05) is 12.1 Å². The zero-order valence-corrected chi connectivity index (χ0v) is 43.5. The smallest absolute Gasteiger partial charge is 0.412 e. The zero-order chi connectivity index (χ0) is 52.1. The van der Waals surface area contributed by atoms with E-state index in [0.29, 0.717) is 72.7 Å². The molecule has 2 amide bonds. The maximum atomic E-state index is 15.4. The number of nitriles is 1. The number of unbranched alkanes of at least 4 members (excludes halogenated alkanes) is 11. The Hall–Kier alpha value is -5.59. The number of rotatable bonds is 29. The zero-order valence-electron chi connectivity index (χ0n) is 43.5. The molecule has 3 aromatic rings. The third-order valence-corrected chi connectivity index (χ3v) is 15.2. The van der Waals surface area contributed by atoms with Gasteiger partial charge in [0.1, 0.15) is 23.4 Å². The van der Waals surface area contributed by atoms with Gasteiger partial charge in [-0.2, -0.15) is 5.26 Å². The average Bonchev–Trinajstić information content (AvgIpc) is 3.46. The Labute approximate surface area is 438 Å². The molecule has 74 heavy (non-hydrogen) atoms. The van der Waals surface area contributed by atoms with Gasteiger partial charge >= 0.3 is 6.09 Å². The number of fused-ring (bicyclic) bond motifs is 2. The maximum absolute atomic E-state index is 15.4. The minimum absolute atomic E-state index is 0.0280. The van der Waals surface area contributed by atoms with Crippen LogP contribution in [0.25, 0.3) is 0 Å². The van der Waals surface area contributed by atoms with Gasteiger partial charge in [0.15, 0.2) is 0 Å². The van der Waals surface area contributed by atoms with Gasteiger partial charge in [-0.25, -0.2) is 9.18 Å². The Morgan fingerprint density at radius 2 is 1.64 bits per heavy atom. The molecule has 2 aliphatic carbocycles. The first-order valence-electron chi connectivity index (χ1n) is 27.6. The van der Waals surface area contributed by atoms with Crippen LogP contribution < -0.4 is 14.8 Å². The van der Waals surface area contributed by atoms with Gasteiger partial charge in [0, 0.05) is 56.2 Å². The predicted molar refractivity (Wildman–Crippen MR) is 283 cm³/mol. The summed E-state index contributed by atoms with van der Waals surface area (Å²) in [5, 5.41) is 37.8. The summed E-state index contributed by atoms with van der Waals surface area (Å²) < 4.78 is 41.2. The number of ether oxygens (including phenoxy) is 4. The van der Waals surface area contributed by atoms with Crippen molar-refractivity contribution >= 4 is 17.7 Å². The Morgan fingerprint density at radius 3 is 2.31 bits per heavy atom. The van der Waals surface area contributed by atoms with Crippen LogP contribution in [0.2, 0.25) is 0 Å². The molecule has 0 aromatic heterocycles. The number of nitrogens with zero attached hydrogens (tertiary/aromatic N) is 3. The first-order valence-corrected chi connectivity index (χ1v) is 27.6. The standard InChI is InChI=1S/C60H79FN4O9/c1-3-5-6-7-8-9-10-11-12-16-33-63-59(69)72-48-31-32-53-51(39-48)56-49(21-14-18-35-67)46(20-13-17-34-66)38-50-52(64-74-55-22-15-19-37-70-55)40-54(60(73-53,57(50)56)71-36-4-2)65(42-44-25-29-47(61)30-26-44)58(68)45-27-23-43(41-62)24-28-45/h4,23-32,38-39,46,49,54-57,66-67H,2-3,5-22,33-37,40,42H2,1H3,(H,63,69)/t46-,49+,54-,55?,56+,57+,60+/m0/s1. The van der Waals surface area contributed by atoms with Crippen molar-refractivity contribution in [2.75, 3.05) is 33.0 Å². The van der Waals surface area contributed by atoms with Crippen LogP contribution >= 0.6 is 0 Å². The van der Waals surface area contributed by atoms with E-state index >= 15 is 4.79 Å². The highest BCUT2D eigenvalue weighted by atomic mass is 19.1. The van der Waals surface area contributed by atoms with Crippen LogP contribution in [0.3, 0.4) is 0 Å². The summed E-state index contributed by atoms with van der Waals surface area (Å²) in [6.45, 7) is 7.50. The summed E-state index contributed by atoms with van der Waals surface area (Å²) >= 11 is 0. The van der Waals surface area contributed by atoms with Gasteiger partial charge in [-0.3, -0.25) is 4.79 Å². The molecular formula is C60H79FN4O9. The molecule has 1 saturated carbocycles. The molecule has 14 heteroatoms. The van der Waals surface area contributed by atoms with Crippen molar-refractivity contribution in [3.63, 3.8) is 0 Å². The van der Waals surface area contributed by atoms with E-state index in [2.05, 4.69) is 31.0 Å². The second-order valence-electron chi connectivity index (χ2n) is 20.4. The Balaban J connectivity index is 1.32. The molecule has 1 unspecified atom stereocenters. The number of nitrogens with one attached hydrogen (secondary N) is 1. The summed E-state index contributed by atoms with van der Waals surface area (Å²) in [6.07, 6.45) is 21.5. The van der Waals surface area contributed by atoms with Crippen molar-refractivity contribution in [2.45, 2.75) is 166 Å². The number of carbonyl (C=O) groups excluding carboxylic acids is 2. The summed E-state index contributed by atoms with van der Waals surface area (Å²) in [6, 6.07) is 19.2. The highest BCUT2D eigenvalue weighted by Gasteiger charge is 2.65. The molecule has 0 spiro atoms. The summed E-state index contributed by atoms with van der Waals surface area (Å²) in [5.74, 6) is -2.66. The fourth-order valence-corrected chi connectivity index (χ4v) is 11.5. The topological polar surface area (TPSA) is 172 Å². The number of halogens is 1. The van der Waals surface area contributed by atoms with Gasteiger partial charge in [0.05, 0.1) is 36.5 Å². The van der Waals surface area contributed by atoms with E-state index < -0.39 is 35.9 Å². The number of carbonyl (C=O) groups is 2. The average molecular weight is 1020 g/mol. The second-order valence-corrected chi connectivity index (χ2v) is 20.4. The Bertz CT molecular complexity index is 2360. The van der Waals surface area contributed by atoms with E-state index in [0.717, 1.165) is 62.5 Å². The molecule has 3 aromatic carbocycles. The van der Waals surface area contributed by atoms with Crippen molar-refractivity contribution in [3.8, 4) is 17.6 Å². The van der Waals surface area contributed by atoms with E-state index in [1.165, 1.54) is 57.1 Å². The first kappa shape index (κ1) is 56.1. The molecule has 1 saturated heterocycles. The summed E-state index contributed by atoms with van der Waals surface area (Å²) in [4.78, 5) is 36.9. The summed E-state index contributed by atoms with van der Waals surface area (Å²) in [7, 11) is 0. The van der Waals surface area contributed by atoms with Crippen LogP contribution in [-0.2, 0) is 20.9 Å². The van der Waals surface area contributed by atoms with Crippen LogP contribution in [0.1, 0.15) is 168 Å². The van der Waals surface area contributed by atoms with Crippen molar-refractivity contribution in [1.29, 1.82) is 5.26 Å². The molecular weight excluding hydrogens is 940 g/mol. The van der Waals surface area contributed by atoms with Gasteiger partial charge in [0.25, 0.3) is 5.91 Å². The molecule has 400 valence electrons. The SMILES string of the molecule is C=CCO[C@@]12Oc3ccc(OC(=O)NCCCCCCCCCCCC)cc3[C@H]3[C@H](CCCCO)[C@@H](CCCCO)C=C(C(=NOC4CCCCO4)C[C@@H]1N(Cc1ccc(F)cc1)C(=O)c1ccc(C#N)cc1)[C@H]32. The fourth-order valence-electron chi connectivity index (χ4n) is 11.5. The van der Waals surface area contributed by atoms with E-state index in [1.54, 1.807) is 53.4 Å². The minimum Gasteiger partial charge on any atom is -0.459 e. The quantitative estimate of drug-likeness (QED) is 0.0345. The molecule has 4 aliphatic rings. The molecule has 2 aliphatic heterocycles. The van der Waals surface area contributed by atoms with Crippen LogP contribution in [0.5, 0.6) is 11.5 Å². The number of allylic oxidation sites excluding steroid dienone is 1. The van der Waals surface area contributed by atoms with Gasteiger partial charge in [0.2, 0.25) is 12.1 Å². The number of amides is 2. The number of hydrogen-bond acceptors (Lipinski definition) is 11. The van der Waals surface area contributed by atoms with Gasteiger partial charge in [-0.15, -0.1) is 6.58 Å². The van der Waals surface area contributed by atoms with Gasteiger partial charge in [-0.1, -0.05) is 107 Å². The number of oxime groups is 1. The lowest BCUT2D eigenvalue weighted by atomic mass is 9.55. The molecule has 2 heterocycles. The van der Waals surface area contributed by atoms with Crippen molar-refractivity contribution in [1.82, 2.24) is 10.2 Å². The summed E-state index contributed by atoms with van der Waals surface area (Å²) in [5.41, 5.74) is 3.63. The third kappa shape index (κ3) is 14.6. The van der Waals surface area contributed by atoms with Crippen LogP contribution in [0.15, 0.2) is 96.2 Å². The Morgan fingerprint density at radius 1 is 0.919 bits per heavy atom. The lowest BCUT2D eigenvalue weighted by Gasteiger charge is -2.60. The highest BCUT2D eigenvalue weighted by Crippen LogP contribution is 2.62. The number of aliphatic hydroxyl groups is 2. The molecule has 0 radical (unpaired) electrons. The third-order valence-electron chi connectivity index (χ3n) is 15.2. The first-order chi connectivity index (χ1) is 36.2. The van der Waals surface area contributed by atoms with Crippen LogP contribution in [0, 0.1) is 34.9 Å². The number of hydrogen-bond donors (Lipinski definition) is 3. The largest absolute Gasteiger partial charge is 0.459 e. The second kappa shape index (κ2) is 28.9. The highest BCUT2D eigenvalue weighted by molar-refractivity contribution is 6.03. The Kier molecular flexibility index (Phi) is 21.9. The van der Waals surface area contributed by atoms with Gasteiger partial charge in [-0.05, 0) is 123 Å². The molecule has 13 nitrogen and oxygen atoms in total. The molecule has 7 rings (SSSR count). The fraction of sp³-hybridized carbons (Fsp3) is 0.567. The van der Waals surface area contributed by atoms with E-state index in [9.17, 15) is 24.7 Å². The number of aliphatic hydroxyl groups excluding tert-OH is 2. The monoisotopic (exact) mass is 1020 g/mol. The van der Waals surface area contributed by atoms with Crippen molar-refractivity contribution < 1.29 is 48.0 Å². The predicted octanol–water partition coefficient (Wildman–Crippen LogP) is 12.2. The molecule has 3 N–H and O–H groups in total. The molecule has 7 atom stereocenters. The normalized spacial score (nSPS) is 23.3. The van der Waals surface area contributed by atoms with Gasteiger partial charge < -0.3 is 44.2 Å². The molecule has 2 fully saturated rings. The minimum atomic E-state index is -1.60. The van der Waals surface area contributed by atoms with E-state index in [4.69, 9.17) is 28.9 Å². The maximum Gasteiger partial charge on any atom is 0.412 e. The van der Waals surface area contributed by atoms with Crippen LogP contribution in [0.4, 0.5) is 9.18 Å². The lowest BCUT2D eigenvalue weighted by molar-refractivity contribution is -0.255. The van der Waals surface area contributed by atoms with E-state index in [-0.39, 0.29) is 56.4 Å². The number of benzene rings is 3. The van der Waals surface area contributed by atoms with Crippen molar-refractivity contribution in [3.05, 3.63) is 119 Å². The van der Waals surface area contributed by atoms with Crippen LogP contribution in [-0.4, -0.2) is 83.9 Å².